The summed E-state index contributed by atoms with van der Waals surface area (Å²) < 4.78 is 16.2. The van der Waals surface area contributed by atoms with Crippen molar-refractivity contribution in [2.45, 2.75) is 18.4 Å². The summed E-state index contributed by atoms with van der Waals surface area (Å²) in [6.07, 6.45) is 1.69. The van der Waals surface area contributed by atoms with Crippen molar-refractivity contribution in [2.24, 2.45) is 0 Å². The average molecular weight is 322 g/mol. The van der Waals surface area contributed by atoms with Gasteiger partial charge in [0.2, 0.25) is 11.8 Å². The number of carbonyl (C=O) groups is 1. The molecule has 8 nitrogen and oxygen atoms in total. The zero-order chi connectivity index (χ0) is 16.4. The van der Waals surface area contributed by atoms with Crippen molar-refractivity contribution in [1.29, 1.82) is 0 Å². The van der Waals surface area contributed by atoms with Crippen LogP contribution >= 0.6 is 0 Å². The molecule has 0 unspecified atom stereocenters. The van der Waals surface area contributed by atoms with Crippen LogP contribution in [0.25, 0.3) is 0 Å². The largest absolute Gasteiger partial charge is 0.481 e. The van der Waals surface area contributed by atoms with E-state index in [0.717, 1.165) is 31.7 Å². The second kappa shape index (κ2) is 6.19. The van der Waals surface area contributed by atoms with E-state index in [-0.39, 0.29) is 18.1 Å². The minimum absolute atomic E-state index is 0.0447. The van der Waals surface area contributed by atoms with Gasteiger partial charge in [-0.05, 0) is 12.8 Å². The van der Waals surface area contributed by atoms with Gasteiger partial charge in [-0.15, -0.1) is 0 Å². The predicted molar refractivity (Wildman–Crippen MR) is 82.9 cm³/mol. The molecule has 0 N–H and O–H groups in total. The Morgan fingerprint density at radius 1 is 1.22 bits per heavy atom. The molecule has 2 fully saturated rings. The number of hydrogen-bond acceptors (Lipinski definition) is 7. The molecule has 126 valence electrons. The van der Waals surface area contributed by atoms with Gasteiger partial charge in [-0.1, -0.05) is 0 Å². The quantitative estimate of drug-likeness (QED) is 0.793. The smallest absolute Gasteiger partial charge is 0.321 e. The molecule has 2 aliphatic rings. The number of anilines is 1. The van der Waals surface area contributed by atoms with Gasteiger partial charge in [0, 0.05) is 32.7 Å². The van der Waals surface area contributed by atoms with Gasteiger partial charge < -0.3 is 24.0 Å². The Balaban J connectivity index is 1.70. The number of carbonyl (C=O) groups excluding carboxylic acids is 1. The highest BCUT2D eigenvalue weighted by atomic mass is 16.5. The van der Waals surface area contributed by atoms with Crippen LogP contribution in [0.1, 0.15) is 12.8 Å². The first-order valence-corrected chi connectivity index (χ1v) is 7.65. The van der Waals surface area contributed by atoms with Gasteiger partial charge in [0.1, 0.15) is 12.4 Å². The van der Waals surface area contributed by atoms with Crippen LogP contribution in [0.2, 0.25) is 0 Å². The molecule has 23 heavy (non-hydrogen) atoms. The minimum Gasteiger partial charge on any atom is -0.481 e. The zero-order valence-corrected chi connectivity index (χ0v) is 13.7. The number of hydrogen-bond donors (Lipinski definition) is 0. The van der Waals surface area contributed by atoms with E-state index in [1.807, 2.05) is 7.05 Å². The first-order chi connectivity index (χ1) is 11.0. The molecular weight excluding hydrogens is 300 g/mol. The summed E-state index contributed by atoms with van der Waals surface area (Å²) >= 11 is 0. The van der Waals surface area contributed by atoms with E-state index in [4.69, 9.17) is 14.2 Å². The summed E-state index contributed by atoms with van der Waals surface area (Å²) in [5.74, 6) is 1.30. The Morgan fingerprint density at radius 2 is 1.96 bits per heavy atom. The normalized spacial score (nSPS) is 20.7. The molecule has 3 rings (SSSR count). The number of ether oxygens (including phenoxy) is 3. The molecular formula is C15H22N4O4. The lowest BCUT2D eigenvalue weighted by molar-refractivity contribution is -0.164. The van der Waals surface area contributed by atoms with Crippen LogP contribution in [-0.4, -0.2) is 73.9 Å². The molecule has 1 aromatic heterocycles. The minimum atomic E-state index is -0.236. The van der Waals surface area contributed by atoms with Crippen molar-refractivity contribution in [3.63, 3.8) is 0 Å². The molecule has 0 aliphatic carbocycles. The van der Waals surface area contributed by atoms with Crippen LogP contribution in [0, 0.1) is 0 Å². The van der Waals surface area contributed by atoms with Gasteiger partial charge in [0.25, 0.3) is 0 Å². The molecule has 1 amide bonds. The SMILES string of the molecule is COc1cc(N2CCC3(CC2)CN(C)C(=O)CO3)nc(OC)n1. The fourth-order valence-corrected chi connectivity index (χ4v) is 3.09. The Morgan fingerprint density at radius 3 is 2.57 bits per heavy atom. The highest BCUT2D eigenvalue weighted by molar-refractivity contribution is 5.78. The van der Waals surface area contributed by atoms with Crippen LogP contribution in [0.3, 0.4) is 0 Å². The molecule has 1 aromatic rings. The first kappa shape index (κ1) is 15.8. The van der Waals surface area contributed by atoms with Gasteiger partial charge in [-0.25, -0.2) is 0 Å². The third-order valence-electron chi connectivity index (χ3n) is 4.51. The van der Waals surface area contributed by atoms with Gasteiger partial charge >= 0.3 is 6.01 Å². The van der Waals surface area contributed by atoms with E-state index in [1.54, 1.807) is 18.1 Å². The molecule has 2 saturated heterocycles. The predicted octanol–water partition coefficient (Wildman–Crippen LogP) is 0.321. The van der Waals surface area contributed by atoms with Crippen molar-refractivity contribution in [3.8, 4) is 11.9 Å². The fourth-order valence-electron chi connectivity index (χ4n) is 3.09. The second-order valence-electron chi connectivity index (χ2n) is 5.96. The fraction of sp³-hybridized carbons (Fsp3) is 0.667. The van der Waals surface area contributed by atoms with Crippen molar-refractivity contribution in [2.75, 3.05) is 52.4 Å². The molecule has 1 spiro atoms. The number of aromatic nitrogens is 2. The summed E-state index contributed by atoms with van der Waals surface area (Å²) in [4.78, 5) is 24.0. The van der Waals surface area contributed by atoms with Gasteiger partial charge in [-0.2, -0.15) is 9.97 Å². The maximum absolute atomic E-state index is 11.6. The van der Waals surface area contributed by atoms with Crippen LogP contribution < -0.4 is 14.4 Å². The van der Waals surface area contributed by atoms with E-state index in [9.17, 15) is 4.79 Å². The first-order valence-electron chi connectivity index (χ1n) is 7.65. The Bertz CT molecular complexity index is 565. The Labute approximate surface area is 135 Å². The third kappa shape index (κ3) is 3.17. The summed E-state index contributed by atoms with van der Waals surface area (Å²) in [6, 6.07) is 2.09. The number of nitrogens with zero attached hydrogens (tertiary/aromatic N) is 4. The molecule has 0 bridgehead atoms. The summed E-state index contributed by atoms with van der Waals surface area (Å²) in [7, 11) is 4.94. The second-order valence-corrected chi connectivity index (χ2v) is 5.96. The third-order valence-corrected chi connectivity index (χ3v) is 4.51. The zero-order valence-electron chi connectivity index (χ0n) is 13.7. The average Bonchev–Trinajstić information content (AvgIpc) is 2.59. The van der Waals surface area contributed by atoms with Gasteiger partial charge in [-0.3, -0.25) is 4.79 Å². The van der Waals surface area contributed by atoms with E-state index in [1.165, 1.54) is 7.11 Å². The number of likely N-dealkylation sites (N-methyl/N-ethyl adjacent to an activating group) is 1. The number of rotatable bonds is 3. The molecule has 0 aromatic carbocycles. The summed E-state index contributed by atoms with van der Waals surface area (Å²) in [6.45, 7) is 2.42. The van der Waals surface area contributed by atoms with Crippen LogP contribution in [0.15, 0.2) is 6.07 Å². The number of piperidine rings is 1. The molecule has 2 aliphatic heterocycles. The lowest BCUT2D eigenvalue weighted by Crippen LogP contribution is -2.57. The van der Waals surface area contributed by atoms with Crippen LogP contribution in [-0.2, 0) is 9.53 Å². The molecule has 0 atom stereocenters. The van der Waals surface area contributed by atoms with Crippen molar-refractivity contribution >= 4 is 11.7 Å². The van der Waals surface area contributed by atoms with E-state index < -0.39 is 0 Å². The lowest BCUT2D eigenvalue weighted by Gasteiger charge is -2.46. The number of methoxy groups -OCH3 is 2. The molecule has 3 heterocycles. The van der Waals surface area contributed by atoms with Crippen molar-refractivity contribution in [3.05, 3.63) is 6.07 Å². The van der Waals surface area contributed by atoms with E-state index in [0.29, 0.717) is 18.4 Å². The van der Waals surface area contributed by atoms with Gasteiger partial charge in [0.05, 0.1) is 19.8 Å². The van der Waals surface area contributed by atoms with E-state index in [2.05, 4.69) is 14.9 Å². The molecule has 0 radical (unpaired) electrons. The van der Waals surface area contributed by atoms with Crippen LogP contribution in [0.5, 0.6) is 11.9 Å². The van der Waals surface area contributed by atoms with E-state index >= 15 is 0 Å². The Kier molecular flexibility index (Phi) is 4.25. The molecule has 8 heteroatoms. The highest BCUT2D eigenvalue weighted by Gasteiger charge is 2.41. The van der Waals surface area contributed by atoms with Gasteiger partial charge in [0.15, 0.2) is 0 Å². The highest BCUT2D eigenvalue weighted by Crippen LogP contribution is 2.32. The topological polar surface area (TPSA) is 77.0 Å². The number of morpholine rings is 1. The number of amides is 1. The van der Waals surface area contributed by atoms with Crippen molar-refractivity contribution < 1.29 is 19.0 Å². The lowest BCUT2D eigenvalue weighted by atomic mass is 9.89. The van der Waals surface area contributed by atoms with Crippen molar-refractivity contribution in [1.82, 2.24) is 14.9 Å². The maximum Gasteiger partial charge on any atom is 0.321 e. The van der Waals surface area contributed by atoms with Crippen LogP contribution in [0.4, 0.5) is 5.82 Å². The monoisotopic (exact) mass is 322 g/mol. The summed E-state index contributed by atoms with van der Waals surface area (Å²) in [5.41, 5.74) is -0.236. The summed E-state index contributed by atoms with van der Waals surface area (Å²) in [5, 5.41) is 0. The Hall–Kier alpha value is -2.09. The standard InChI is InChI=1S/C15H22N4O4/c1-18-10-15(23-9-13(18)20)4-6-19(7-5-15)11-8-12(21-2)17-14(16-11)22-3/h8H,4-7,9-10H2,1-3H3. The molecule has 0 saturated carbocycles. The maximum atomic E-state index is 11.6.